The van der Waals surface area contributed by atoms with Crippen molar-refractivity contribution in [3.05, 3.63) is 53.6 Å². The lowest BCUT2D eigenvalue weighted by molar-refractivity contribution is 0.655. The van der Waals surface area contributed by atoms with Crippen LogP contribution in [0.2, 0.25) is 0 Å². The van der Waals surface area contributed by atoms with E-state index in [0.717, 1.165) is 12.8 Å². The number of fused-ring (bicyclic) bond motifs is 3. The van der Waals surface area contributed by atoms with Crippen LogP contribution >= 0.6 is 0 Å². The standard InChI is InChI=1S/C19H21NSi/c1-4-19(3,13(2)21)20-18-11-7-10-16-15-9-6-5-8-14(15)12-17(16)18/h5-11,20H,4,12H2,1-3H3. The molecule has 0 saturated heterocycles. The third-order valence-corrected chi connectivity index (χ3v) is 5.35. The Bertz CT molecular complexity index is 704. The lowest BCUT2D eigenvalue weighted by Gasteiger charge is -2.32. The summed E-state index contributed by atoms with van der Waals surface area (Å²) in [4.78, 5) is 0. The summed E-state index contributed by atoms with van der Waals surface area (Å²) in [6.45, 7) is 6.59. The second kappa shape index (κ2) is 5.27. The predicted molar refractivity (Wildman–Crippen MR) is 93.4 cm³/mol. The Balaban J connectivity index is 2.03. The van der Waals surface area contributed by atoms with Crippen LogP contribution in [0.5, 0.6) is 0 Å². The lowest BCUT2D eigenvalue weighted by atomic mass is 9.93. The van der Waals surface area contributed by atoms with Gasteiger partial charge < -0.3 is 5.32 Å². The molecule has 2 radical (unpaired) electrons. The van der Waals surface area contributed by atoms with E-state index in [0.29, 0.717) is 0 Å². The highest BCUT2D eigenvalue weighted by Crippen LogP contribution is 2.40. The van der Waals surface area contributed by atoms with Crippen molar-refractivity contribution in [1.82, 2.24) is 0 Å². The molecule has 3 rings (SSSR count). The van der Waals surface area contributed by atoms with Gasteiger partial charge >= 0.3 is 0 Å². The van der Waals surface area contributed by atoms with Crippen LogP contribution in [0, 0.1) is 0 Å². The molecule has 2 aromatic rings. The number of hydrogen-bond acceptors (Lipinski definition) is 1. The van der Waals surface area contributed by atoms with Gasteiger partial charge in [0.15, 0.2) is 0 Å². The average Bonchev–Trinajstić information content (AvgIpc) is 2.87. The zero-order valence-electron chi connectivity index (χ0n) is 13.0. The maximum Gasteiger partial charge on any atom is 0.0513 e. The molecule has 2 heteroatoms. The predicted octanol–water partition coefficient (Wildman–Crippen LogP) is 4.20. The molecule has 0 aromatic heterocycles. The molecule has 0 fully saturated rings. The van der Waals surface area contributed by atoms with Gasteiger partial charge in [-0.15, -0.1) is 0 Å². The molecule has 0 saturated carbocycles. The summed E-state index contributed by atoms with van der Waals surface area (Å²) in [6, 6.07) is 15.3. The quantitative estimate of drug-likeness (QED) is 0.710. The number of rotatable bonds is 4. The molecule has 1 nitrogen and oxygen atoms in total. The van der Waals surface area contributed by atoms with Gasteiger partial charge in [-0.25, -0.2) is 0 Å². The summed E-state index contributed by atoms with van der Waals surface area (Å²) in [5.74, 6) is 0. The molecule has 0 bridgehead atoms. The highest BCUT2D eigenvalue weighted by atomic mass is 28.1. The molecule has 0 spiro atoms. The van der Waals surface area contributed by atoms with Crippen LogP contribution in [0.3, 0.4) is 0 Å². The van der Waals surface area contributed by atoms with Crippen molar-refractivity contribution in [3.8, 4) is 11.1 Å². The van der Waals surface area contributed by atoms with Gasteiger partial charge in [0.2, 0.25) is 0 Å². The fraction of sp³-hybridized carbons (Fsp3) is 0.316. The zero-order chi connectivity index (χ0) is 15.0. The SMILES string of the molecule is CCC(C)(Nc1cccc2c1Cc1ccccc1-2)C(C)=[Si]. The van der Waals surface area contributed by atoms with Crippen LogP contribution in [0.15, 0.2) is 42.5 Å². The molecule has 21 heavy (non-hydrogen) atoms. The minimum absolute atomic E-state index is 0.0270. The van der Waals surface area contributed by atoms with E-state index in [-0.39, 0.29) is 5.54 Å². The lowest BCUT2D eigenvalue weighted by Crippen LogP contribution is -2.41. The van der Waals surface area contributed by atoms with Crippen molar-refractivity contribution in [2.75, 3.05) is 5.32 Å². The van der Waals surface area contributed by atoms with E-state index in [4.69, 9.17) is 0 Å². The molecule has 2 aromatic carbocycles. The number of benzene rings is 2. The average molecular weight is 291 g/mol. The number of hydrogen-bond donors (Lipinski definition) is 1. The molecular formula is C19H21NSi. The minimum Gasteiger partial charge on any atom is -0.376 e. The summed E-state index contributed by atoms with van der Waals surface area (Å²) in [7, 11) is 3.73. The maximum absolute atomic E-state index is 3.75. The maximum atomic E-state index is 3.75. The highest BCUT2D eigenvalue weighted by Gasteiger charge is 2.26. The molecule has 1 N–H and O–H groups in total. The zero-order valence-corrected chi connectivity index (χ0v) is 14.0. The van der Waals surface area contributed by atoms with E-state index in [1.165, 1.54) is 33.1 Å². The summed E-state index contributed by atoms with van der Waals surface area (Å²) < 4.78 is 0. The Kier molecular flexibility index (Phi) is 3.58. The van der Waals surface area contributed by atoms with Crippen molar-refractivity contribution in [3.63, 3.8) is 0 Å². The topological polar surface area (TPSA) is 12.0 Å². The van der Waals surface area contributed by atoms with E-state index in [1.54, 1.807) is 0 Å². The molecule has 0 heterocycles. The molecule has 0 amide bonds. The summed E-state index contributed by atoms with van der Waals surface area (Å²) in [5.41, 5.74) is 6.84. The Morgan fingerprint density at radius 1 is 1.14 bits per heavy atom. The minimum atomic E-state index is -0.0270. The van der Waals surface area contributed by atoms with Gasteiger partial charge in [0, 0.05) is 22.0 Å². The van der Waals surface area contributed by atoms with Crippen LogP contribution in [0.4, 0.5) is 5.69 Å². The first-order valence-corrected chi connectivity index (χ1v) is 8.09. The first kappa shape index (κ1) is 14.3. The van der Waals surface area contributed by atoms with Gasteiger partial charge in [-0.1, -0.05) is 48.5 Å². The summed E-state index contributed by atoms with van der Waals surface area (Å²) in [6.07, 6.45) is 2.06. The highest BCUT2D eigenvalue weighted by molar-refractivity contribution is 6.40. The molecule has 1 atom stereocenters. The molecule has 1 unspecified atom stereocenters. The van der Waals surface area contributed by atoms with Gasteiger partial charge in [0.25, 0.3) is 0 Å². The second-order valence-electron chi connectivity index (χ2n) is 6.10. The van der Waals surface area contributed by atoms with Crippen LogP contribution in [-0.4, -0.2) is 20.6 Å². The third-order valence-electron chi connectivity index (χ3n) is 4.80. The van der Waals surface area contributed by atoms with Crippen LogP contribution in [-0.2, 0) is 6.42 Å². The molecule has 1 aliphatic carbocycles. The smallest absolute Gasteiger partial charge is 0.0513 e. The van der Waals surface area contributed by atoms with Crippen molar-refractivity contribution in [1.29, 1.82) is 0 Å². The van der Waals surface area contributed by atoms with Gasteiger partial charge in [0.05, 0.1) is 5.54 Å². The van der Waals surface area contributed by atoms with E-state index < -0.39 is 0 Å². The van der Waals surface area contributed by atoms with E-state index in [1.807, 2.05) is 0 Å². The first-order chi connectivity index (χ1) is 10.0. The molecule has 106 valence electrons. The van der Waals surface area contributed by atoms with Crippen LogP contribution in [0.25, 0.3) is 11.1 Å². The van der Waals surface area contributed by atoms with E-state index >= 15 is 0 Å². The Hall–Kier alpha value is -1.67. The molecular weight excluding hydrogens is 270 g/mol. The van der Waals surface area contributed by atoms with Crippen molar-refractivity contribution in [2.45, 2.75) is 39.2 Å². The summed E-state index contributed by atoms with van der Waals surface area (Å²) in [5, 5.41) is 4.99. The first-order valence-electron chi connectivity index (χ1n) is 7.59. The fourth-order valence-electron chi connectivity index (χ4n) is 3.02. The molecule has 1 aliphatic rings. The second-order valence-corrected chi connectivity index (χ2v) is 6.85. The monoisotopic (exact) mass is 291 g/mol. The van der Waals surface area contributed by atoms with Gasteiger partial charge in [-0.3, -0.25) is 0 Å². The third kappa shape index (κ3) is 2.38. The largest absolute Gasteiger partial charge is 0.376 e. The van der Waals surface area contributed by atoms with E-state index in [9.17, 15) is 0 Å². The normalized spacial score (nSPS) is 15.0. The van der Waals surface area contributed by atoms with Gasteiger partial charge in [-0.05, 0) is 48.6 Å². The van der Waals surface area contributed by atoms with Gasteiger partial charge in [-0.2, -0.15) is 0 Å². The van der Waals surface area contributed by atoms with Gasteiger partial charge in [0.1, 0.15) is 0 Å². The Morgan fingerprint density at radius 2 is 1.86 bits per heavy atom. The van der Waals surface area contributed by atoms with Crippen molar-refractivity contribution in [2.24, 2.45) is 0 Å². The summed E-state index contributed by atoms with van der Waals surface area (Å²) >= 11 is 0. The fourth-order valence-corrected chi connectivity index (χ4v) is 3.26. The van der Waals surface area contributed by atoms with Crippen molar-refractivity contribution >= 4 is 20.7 Å². The number of nitrogens with one attached hydrogen (secondary N) is 1. The Labute approximate surface area is 130 Å². The van der Waals surface area contributed by atoms with E-state index in [2.05, 4.69) is 78.4 Å². The van der Waals surface area contributed by atoms with Crippen LogP contribution in [0.1, 0.15) is 38.3 Å². The number of anilines is 1. The van der Waals surface area contributed by atoms with Crippen molar-refractivity contribution < 1.29 is 0 Å². The van der Waals surface area contributed by atoms with Crippen LogP contribution < -0.4 is 5.32 Å². The Morgan fingerprint density at radius 3 is 2.57 bits per heavy atom. The molecule has 0 aliphatic heterocycles.